The topological polar surface area (TPSA) is 76.1 Å². The van der Waals surface area contributed by atoms with Crippen LogP contribution in [0.15, 0.2) is 47.5 Å². The number of amides is 1. The van der Waals surface area contributed by atoms with Gasteiger partial charge in [0.15, 0.2) is 0 Å². The summed E-state index contributed by atoms with van der Waals surface area (Å²) < 4.78 is 8.60. The molecule has 1 unspecified atom stereocenters. The summed E-state index contributed by atoms with van der Waals surface area (Å²) in [6.45, 7) is 7.19. The van der Waals surface area contributed by atoms with E-state index >= 15 is 0 Å². The Kier molecular flexibility index (Phi) is 5.98. The number of benzene rings is 2. The molecule has 1 atom stereocenters. The van der Waals surface area contributed by atoms with Crippen LogP contribution >= 0.6 is 0 Å². The van der Waals surface area contributed by atoms with Crippen LogP contribution in [-0.4, -0.2) is 59.9 Å². The molecule has 0 bridgehead atoms. The molecule has 1 saturated heterocycles. The van der Waals surface area contributed by atoms with Gasteiger partial charge in [0.25, 0.3) is 5.91 Å². The Hall–Kier alpha value is -3.32. The molecule has 2 aliphatic heterocycles. The number of carbonyl (C=O) groups excluding carboxylic acids is 1. The number of hydrogen-bond acceptors (Lipinski definition) is 5. The number of likely N-dealkylation sites (N-methyl/N-ethyl adjacent to an activating group) is 1. The third-order valence-corrected chi connectivity index (χ3v) is 8.19. The lowest BCUT2D eigenvalue weighted by molar-refractivity contribution is 0.0708. The number of fused-ring (bicyclic) bond motifs is 2. The van der Waals surface area contributed by atoms with E-state index in [1.807, 2.05) is 23.2 Å². The van der Waals surface area contributed by atoms with Crippen LogP contribution in [0.25, 0.3) is 10.9 Å². The van der Waals surface area contributed by atoms with Gasteiger partial charge >= 0.3 is 0 Å². The molecule has 7 heteroatoms. The molecule has 3 aromatic rings. The van der Waals surface area contributed by atoms with Gasteiger partial charge in [0.2, 0.25) is 0 Å². The van der Waals surface area contributed by atoms with Gasteiger partial charge in [-0.15, -0.1) is 0 Å². The predicted octanol–water partition coefficient (Wildman–Crippen LogP) is 4.97. The fourth-order valence-electron chi connectivity index (χ4n) is 5.53. The first-order valence-corrected chi connectivity index (χ1v) is 13.5. The van der Waals surface area contributed by atoms with Crippen molar-refractivity contribution in [1.29, 1.82) is 0 Å². The summed E-state index contributed by atoms with van der Waals surface area (Å²) in [6, 6.07) is 14.6. The normalized spacial score (nSPS) is 21.4. The summed E-state index contributed by atoms with van der Waals surface area (Å²) in [5.41, 5.74) is 10.6. The number of aliphatic imine (C=N–C) groups is 1. The van der Waals surface area contributed by atoms with Crippen molar-refractivity contribution in [2.45, 2.75) is 57.7 Å². The Morgan fingerprint density at radius 2 is 2.00 bits per heavy atom. The Morgan fingerprint density at radius 1 is 1.19 bits per heavy atom. The smallest absolute Gasteiger partial charge is 0.254 e. The lowest BCUT2D eigenvalue weighted by atomic mass is 9.99. The third kappa shape index (κ3) is 4.61. The van der Waals surface area contributed by atoms with Gasteiger partial charge in [0.05, 0.1) is 23.1 Å². The fourth-order valence-corrected chi connectivity index (χ4v) is 5.53. The summed E-state index contributed by atoms with van der Waals surface area (Å²) in [5, 5.41) is 1.22. The van der Waals surface area contributed by atoms with Gasteiger partial charge in [0.1, 0.15) is 18.0 Å². The van der Waals surface area contributed by atoms with Crippen molar-refractivity contribution in [2.75, 3.05) is 31.6 Å². The fraction of sp³-hybridized carbons (Fsp3) is 0.467. The van der Waals surface area contributed by atoms with E-state index < -0.39 is 0 Å². The number of para-hydroxylation sites is 1. The minimum atomic E-state index is -0.191. The van der Waals surface area contributed by atoms with Crippen molar-refractivity contribution in [3.05, 3.63) is 53.7 Å². The monoisotopic (exact) mass is 499 g/mol. The van der Waals surface area contributed by atoms with E-state index in [0.29, 0.717) is 24.5 Å². The van der Waals surface area contributed by atoms with Crippen LogP contribution in [0.3, 0.4) is 0 Å². The molecule has 7 nitrogen and oxygen atoms in total. The predicted molar refractivity (Wildman–Crippen MR) is 149 cm³/mol. The molecule has 1 aliphatic carbocycles. The van der Waals surface area contributed by atoms with Crippen LogP contribution in [0, 0.1) is 5.92 Å². The summed E-state index contributed by atoms with van der Waals surface area (Å²) in [5.74, 6) is 1.45. The second kappa shape index (κ2) is 9.21. The van der Waals surface area contributed by atoms with E-state index in [9.17, 15) is 4.79 Å². The molecule has 0 radical (unpaired) electrons. The summed E-state index contributed by atoms with van der Waals surface area (Å²) in [7, 11) is 2.08. The Bertz CT molecular complexity index is 1370. The molecule has 0 spiro atoms. The molecular weight excluding hydrogens is 462 g/mol. The van der Waals surface area contributed by atoms with Gasteiger partial charge in [0, 0.05) is 49.2 Å². The molecule has 2 aromatic carbocycles. The van der Waals surface area contributed by atoms with Gasteiger partial charge in [-0.2, -0.15) is 0 Å². The molecule has 3 aliphatic rings. The van der Waals surface area contributed by atoms with E-state index in [2.05, 4.69) is 60.7 Å². The van der Waals surface area contributed by atoms with E-state index in [1.165, 1.54) is 23.7 Å². The lowest BCUT2D eigenvalue weighted by Crippen LogP contribution is -2.49. The standard InChI is InChI=1S/C30H37N5O2/c1-30(2)19-37-27-15-22(29(36)34-12-6-8-23(31)18-34)14-25(28(27)33(30)3)32-16-24-13-21-7-4-5-9-26(21)35(24)17-20-10-11-20/h4-5,7,9,13-16,20,23H,6,8,10-12,17-19,31H2,1-3H3. The maximum Gasteiger partial charge on any atom is 0.254 e. The van der Waals surface area contributed by atoms with Crippen LogP contribution in [0.4, 0.5) is 11.4 Å². The van der Waals surface area contributed by atoms with Crippen LogP contribution in [0.1, 0.15) is 55.6 Å². The zero-order valence-corrected chi connectivity index (χ0v) is 22.1. The highest BCUT2D eigenvalue weighted by Crippen LogP contribution is 2.45. The molecule has 1 saturated carbocycles. The number of likely N-dealkylation sites (tertiary alicyclic amines) is 1. The van der Waals surface area contributed by atoms with Gasteiger partial charge < -0.3 is 24.8 Å². The van der Waals surface area contributed by atoms with Crippen LogP contribution in [-0.2, 0) is 6.54 Å². The number of aromatic nitrogens is 1. The van der Waals surface area contributed by atoms with Gasteiger partial charge in [-0.25, -0.2) is 0 Å². The Balaban J connectivity index is 1.42. The maximum absolute atomic E-state index is 13.5. The van der Waals surface area contributed by atoms with Crippen molar-refractivity contribution in [3.8, 4) is 5.75 Å². The van der Waals surface area contributed by atoms with Crippen molar-refractivity contribution in [1.82, 2.24) is 9.47 Å². The number of anilines is 1. The highest BCUT2D eigenvalue weighted by atomic mass is 16.5. The summed E-state index contributed by atoms with van der Waals surface area (Å²) in [4.78, 5) is 22.6. The second-order valence-corrected chi connectivity index (χ2v) is 11.6. The molecule has 2 N–H and O–H groups in total. The van der Waals surface area contributed by atoms with Crippen molar-refractivity contribution in [2.24, 2.45) is 16.6 Å². The minimum absolute atomic E-state index is 0.00617. The first-order chi connectivity index (χ1) is 17.8. The molecule has 3 heterocycles. The number of piperidine rings is 1. The lowest BCUT2D eigenvalue weighted by Gasteiger charge is -2.42. The summed E-state index contributed by atoms with van der Waals surface area (Å²) in [6.07, 6.45) is 6.43. The van der Waals surface area contributed by atoms with Crippen molar-refractivity contribution in [3.63, 3.8) is 0 Å². The number of nitrogens with zero attached hydrogens (tertiary/aromatic N) is 4. The third-order valence-electron chi connectivity index (χ3n) is 8.19. The Morgan fingerprint density at radius 3 is 2.78 bits per heavy atom. The zero-order valence-electron chi connectivity index (χ0n) is 22.1. The van der Waals surface area contributed by atoms with Gasteiger partial charge in [-0.1, -0.05) is 18.2 Å². The van der Waals surface area contributed by atoms with Crippen LogP contribution in [0.2, 0.25) is 0 Å². The molecule has 1 aromatic heterocycles. The molecule has 1 amide bonds. The van der Waals surface area contributed by atoms with Gasteiger partial charge in [-0.05, 0) is 69.7 Å². The maximum atomic E-state index is 13.5. The number of nitrogens with two attached hydrogens (primary N) is 1. The first-order valence-electron chi connectivity index (χ1n) is 13.5. The SMILES string of the molecule is CN1c2c(N=Cc3cc4ccccc4n3CC3CC3)cc(C(=O)N3CCCC(N)C3)cc2OCC1(C)C. The number of carbonyl (C=O) groups is 1. The van der Waals surface area contributed by atoms with Gasteiger partial charge in [-0.3, -0.25) is 9.79 Å². The average Bonchev–Trinajstić information content (AvgIpc) is 3.64. The molecule has 37 heavy (non-hydrogen) atoms. The van der Waals surface area contributed by atoms with Crippen molar-refractivity contribution < 1.29 is 9.53 Å². The molecule has 194 valence electrons. The number of rotatable bonds is 5. The zero-order chi connectivity index (χ0) is 25.7. The summed E-state index contributed by atoms with van der Waals surface area (Å²) >= 11 is 0. The van der Waals surface area contributed by atoms with E-state index in [0.717, 1.165) is 48.9 Å². The Labute approximate surface area is 218 Å². The van der Waals surface area contributed by atoms with Crippen LogP contribution < -0.4 is 15.4 Å². The highest BCUT2D eigenvalue weighted by molar-refractivity contribution is 5.99. The molecular formula is C30H37N5O2. The van der Waals surface area contributed by atoms with E-state index in [4.69, 9.17) is 15.5 Å². The average molecular weight is 500 g/mol. The van der Waals surface area contributed by atoms with Crippen molar-refractivity contribution >= 4 is 34.4 Å². The second-order valence-electron chi connectivity index (χ2n) is 11.6. The largest absolute Gasteiger partial charge is 0.489 e. The van der Waals surface area contributed by atoms with E-state index in [1.54, 1.807) is 0 Å². The quantitative estimate of drug-likeness (QED) is 0.503. The number of ether oxygens (including phenoxy) is 1. The highest BCUT2D eigenvalue weighted by Gasteiger charge is 2.35. The minimum Gasteiger partial charge on any atom is -0.489 e. The van der Waals surface area contributed by atoms with Crippen LogP contribution in [0.5, 0.6) is 5.75 Å². The van der Waals surface area contributed by atoms with E-state index in [-0.39, 0.29) is 17.5 Å². The molecule has 2 fully saturated rings. The first kappa shape index (κ1) is 24.0. The molecule has 6 rings (SSSR count). The number of hydrogen-bond donors (Lipinski definition) is 1.